The van der Waals surface area contributed by atoms with E-state index in [9.17, 15) is 13.6 Å². The van der Waals surface area contributed by atoms with Gasteiger partial charge >= 0.3 is 0 Å². The zero-order valence-electron chi connectivity index (χ0n) is 21.5. The molecule has 194 valence electrons. The summed E-state index contributed by atoms with van der Waals surface area (Å²) in [6.45, 7) is 8.03. The topological polar surface area (TPSA) is 26.8 Å². The number of hydrogen-bond acceptors (Lipinski definition) is 3. The maximum Gasteiger partial charge on any atom is 0.227 e. The number of carbonyl (C=O) groups is 1. The van der Waals surface area contributed by atoms with Gasteiger partial charge in [0, 0.05) is 52.4 Å². The van der Waals surface area contributed by atoms with Crippen molar-refractivity contribution in [3.05, 3.63) is 107 Å². The van der Waals surface area contributed by atoms with Gasteiger partial charge < -0.3 is 4.90 Å². The van der Waals surface area contributed by atoms with Crippen molar-refractivity contribution in [3.63, 3.8) is 0 Å². The average Bonchev–Trinajstić information content (AvgIpc) is 2.92. The fourth-order valence-electron chi connectivity index (χ4n) is 5.74. The first kappa shape index (κ1) is 25.6. The summed E-state index contributed by atoms with van der Waals surface area (Å²) < 4.78 is 27.4. The average molecular weight is 504 g/mol. The van der Waals surface area contributed by atoms with Crippen LogP contribution in [0.15, 0.2) is 72.8 Å². The van der Waals surface area contributed by atoms with Crippen LogP contribution in [0.4, 0.5) is 8.78 Å². The monoisotopic (exact) mass is 503 g/mol. The van der Waals surface area contributed by atoms with Crippen LogP contribution in [0.5, 0.6) is 0 Å². The molecule has 3 aromatic carbocycles. The smallest absolute Gasteiger partial charge is 0.227 e. The van der Waals surface area contributed by atoms with Crippen molar-refractivity contribution in [1.82, 2.24) is 14.7 Å². The summed E-state index contributed by atoms with van der Waals surface area (Å²) in [5.74, 6) is -0.218. The van der Waals surface area contributed by atoms with Crippen molar-refractivity contribution in [3.8, 4) is 0 Å². The molecule has 4 nitrogen and oxygen atoms in total. The van der Waals surface area contributed by atoms with Gasteiger partial charge in [-0.2, -0.15) is 0 Å². The second-order valence-corrected chi connectivity index (χ2v) is 10.5. The highest BCUT2D eigenvalue weighted by atomic mass is 19.1. The van der Waals surface area contributed by atoms with Crippen LogP contribution in [0.25, 0.3) is 0 Å². The van der Waals surface area contributed by atoms with Gasteiger partial charge in [0.1, 0.15) is 11.6 Å². The minimum Gasteiger partial charge on any atom is -0.340 e. The Morgan fingerprint density at radius 1 is 0.811 bits per heavy atom. The molecule has 0 spiro atoms. The van der Waals surface area contributed by atoms with E-state index in [2.05, 4.69) is 34.1 Å². The summed E-state index contributed by atoms with van der Waals surface area (Å²) >= 11 is 0. The molecule has 1 amide bonds. The largest absolute Gasteiger partial charge is 0.340 e. The Hall–Kier alpha value is -3.09. The number of piperazine rings is 1. The standard InChI is InChI=1S/C31H35F2N3O/c1-23-17-26(9-12-30(23)33)27-18-28(22-35(21-27)20-25-7-10-29(32)11-8-25)31(37)36-15-13-34(14-16-36)19-24-5-3-2-4-6-24/h2-12,17,27-28H,13-16,18-22H2,1H3/t27-,28-/m0/s1. The molecular formula is C31H35F2N3O. The fraction of sp³-hybridized carbons (Fsp3) is 0.387. The normalized spacial score (nSPS) is 21.2. The third-order valence-electron chi connectivity index (χ3n) is 7.78. The molecule has 2 atom stereocenters. The molecule has 3 aromatic rings. The zero-order valence-corrected chi connectivity index (χ0v) is 21.5. The summed E-state index contributed by atoms with van der Waals surface area (Å²) in [6.07, 6.45) is 0.758. The molecule has 0 unspecified atom stereocenters. The number of amides is 1. The van der Waals surface area contributed by atoms with E-state index in [4.69, 9.17) is 0 Å². The second-order valence-electron chi connectivity index (χ2n) is 10.5. The highest BCUT2D eigenvalue weighted by molar-refractivity contribution is 5.79. The minimum absolute atomic E-state index is 0.120. The van der Waals surface area contributed by atoms with Crippen LogP contribution in [0.2, 0.25) is 0 Å². The quantitative estimate of drug-likeness (QED) is 0.461. The number of nitrogens with zero attached hydrogens (tertiary/aromatic N) is 3. The molecule has 2 aliphatic heterocycles. The Balaban J connectivity index is 1.27. The number of likely N-dealkylation sites (tertiary alicyclic amines) is 1. The number of benzene rings is 3. The molecule has 0 N–H and O–H groups in total. The van der Waals surface area contributed by atoms with Gasteiger partial charge in [-0.05, 0) is 59.7 Å². The molecule has 5 rings (SSSR count). The number of halogens is 2. The van der Waals surface area contributed by atoms with Crippen molar-refractivity contribution >= 4 is 5.91 Å². The van der Waals surface area contributed by atoms with Crippen molar-refractivity contribution < 1.29 is 13.6 Å². The molecular weight excluding hydrogens is 468 g/mol. The first-order valence-corrected chi connectivity index (χ1v) is 13.2. The summed E-state index contributed by atoms with van der Waals surface area (Å²) in [7, 11) is 0. The Morgan fingerprint density at radius 2 is 1.49 bits per heavy atom. The van der Waals surface area contributed by atoms with Gasteiger partial charge in [0.05, 0.1) is 5.92 Å². The van der Waals surface area contributed by atoms with E-state index >= 15 is 0 Å². The van der Waals surface area contributed by atoms with Crippen molar-refractivity contribution in [2.24, 2.45) is 5.92 Å². The second kappa shape index (κ2) is 11.5. The molecule has 2 fully saturated rings. The van der Waals surface area contributed by atoms with Crippen molar-refractivity contribution in [2.75, 3.05) is 39.3 Å². The van der Waals surface area contributed by atoms with Crippen LogP contribution in [-0.2, 0) is 17.9 Å². The lowest BCUT2D eigenvalue weighted by Crippen LogP contribution is -2.53. The van der Waals surface area contributed by atoms with E-state index in [1.54, 1.807) is 6.92 Å². The lowest BCUT2D eigenvalue weighted by atomic mass is 9.83. The van der Waals surface area contributed by atoms with Gasteiger partial charge in [-0.15, -0.1) is 0 Å². The van der Waals surface area contributed by atoms with Crippen LogP contribution >= 0.6 is 0 Å². The zero-order chi connectivity index (χ0) is 25.8. The van der Waals surface area contributed by atoms with Crippen molar-refractivity contribution in [1.29, 1.82) is 0 Å². The fourth-order valence-corrected chi connectivity index (χ4v) is 5.74. The van der Waals surface area contributed by atoms with E-state index < -0.39 is 0 Å². The minimum atomic E-state index is -0.249. The predicted molar refractivity (Wildman–Crippen MR) is 142 cm³/mol. The molecule has 0 radical (unpaired) electrons. The van der Waals surface area contributed by atoms with Gasteiger partial charge in [-0.25, -0.2) is 8.78 Å². The van der Waals surface area contributed by atoms with Gasteiger partial charge in [-0.3, -0.25) is 14.6 Å². The van der Waals surface area contributed by atoms with Crippen molar-refractivity contribution in [2.45, 2.75) is 32.4 Å². The highest BCUT2D eigenvalue weighted by Gasteiger charge is 2.35. The summed E-state index contributed by atoms with van der Waals surface area (Å²) in [4.78, 5) is 20.5. The van der Waals surface area contributed by atoms with E-state index in [1.165, 1.54) is 23.8 Å². The number of rotatable bonds is 6. The molecule has 0 aliphatic carbocycles. The lowest BCUT2D eigenvalue weighted by molar-refractivity contribution is -0.139. The Labute approximate surface area is 218 Å². The molecule has 6 heteroatoms. The SMILES string of the molecule is Cc1cc([C@H]2C[C@H](C(=O)N3CCN(Cc4ccccc4)CC3)CN(Cc3ccc(F)cc3)C2)ccc1F. The van der Waals surface area contributed by atoms with Gasteiger partial charge in [-0.1, -0.05) is 54.6 Å². The molecule has 37 heavy (non-hydrogen) atoms. The van der Waals surface area contributed by atoms with Gasteiger partial charge in [0.25, 0.3) is 0 Å². The van der Waals surface area contributed by atoms with E-state index in [-0.39, 0.29) is 29.4 Å². The van der Waals surface area contributed by atoms with Gasteiger partial charge in [0.2, 0.25) is 5.91 Å². The van der Waals surface area contributed by atoms with Crippen LogP contribution in [0.3, 0.4) is 0 Å². The summed E-state index contributed by atoms with van der Waals surface area (Å²) in [5.41, 5.74) is 4.03. The predicted octanol–water partition coefficient (Wildman–Crippen LogP) is 5.22. The molecule has 2 heterocycles. The number of aryl methyl sites for hydroxylation is 1. The van der Waals surface area contributed by atoms with E-state index in [1.807, 2.05) is 35.2 Å². The first-order chi connectivity index (χ1) is 17.9. The Bertz CT molecular complexity index is 1190. The molecule has 2 aliphatic rings. The van der Waals surface area contributed by atoms with Crippen LogP contribution in [-0.4, -0.2) is 59.9 Å². The van der Waals surface area contributed by atoms with Crippen LogP contribution in [0, 0.1) is 24.5 Å². The highest BCUT2D eigenvalue weighted by Crippen LogP contribution is 2.33. The summed E-state index contributed by atoms with van der Waals surface area (Å²) in [5, 5.41) is 0. The maximum atomic E-state index is 14.0. The summed E-state index contributed by atoms with van der Waals surface area (Å²) in [6, 6.07) is 22.4. The van der Waals surface area contributed by atoms with E-state index in [0.717, 1.165) is 56.8 Å². The lowest BCUT2D eigenvalue weighted by Gasteiger charge is -2.41. The Kier molecular flexibility index (Phi) is 7.96. The number of piperidine rings is 1. The molecule has 0 aromatic heterocycles. The maximum absolute atomic E-state index is 14.0. The van der Waals surface area contributed by atoms with Crippen LogP contribution in [0.1, 0.15) is 34.6 Å². The van der Waals surface area contributed by atoms with Crippen LogP contribution < -0.4 is 0 Å². The molecule has 0 saturated carbocycles. The molecule has 2 saturated heterocycles. The third-order valence-corrected chi connectivity index (χ3v) is 7.78. The number of hydrogen-bond donors (Lipinski definition) is 0. The van der Waals surface area contributed by atoms with E-state index in [0.29, 0.717) is 18.7 Å². The first-order valence-electron chi connectivity index (χ1n) is 13.2. The van der Waals surface area contributed by atoms with Gasteiger partial charge in [0.15, 0.2) is 0 Å². The molecule has 0 bridgehead atoms. The number of carbonyl (C=O) groups excluding carboxylic acids is 1. The third kappa shape index (κ3) is 6.43. The Morgan fingerprint density at radius 3 is 2.19 bits per heavy atom.